The fraction of sp³-hybridized carbons (Fsp3) is 0.375. The van der Waals surface area contributed by atoms with Gasteiger partial charge < -0.3 is 9.40 Å². The highest BCUT2D eigenvalue weighted by molar-refractivity contribution is 9.10. The number of H-pyrrole nitrogens is 1. The van der Waals surface area contributed by atoms with Crippen molar-refractivity contribution in [2.45, 2.75) is 32.1 Å². The molecule has 0 spiro atoms. The van der Waals surface area contributed by atoms with Crippen LogP contribution in [0.3, 0.4) is 0 Å². The summed E-state index contributed by atoms with van der Waals surface area (Å²) in [5, 5.41) is 0. The normalized spacial score (nSPS) is 19.4. The summed E-state index contributed by atoms with van der Waals surface area (Å²) in [6.45, 7) is 2.20. The van der Waals surface area contributed by atoms with Gasteiger partial charge in [-0.3, -0.25) is 20.4 Å². The minimum Gasteiger partial charge on any atom is -0.466 e. The van der Waals surface area contributed by atoms with Gasteiger partial charge in [-0.2, -0.15) is 0 Å². The number of rotatable bonds is 5. The Labute approximate surface area is 142 Å². The van der Waals surface area contributed by atoms with Crippen molar-refractivity contribution in [3.8, 4) is 0 Å². The summed E-state index contributed by atoms with van der Waals surface area (Å²) in [7, 11) is 0. The van der Waals surface area contributed by atoms with Gasteiger partial charge in [0.15, 0.2) is 0 Å². The zero-order chi connectivity index (χ0) is 16.4. The van der Waals surface area contributed by atoms with Gasteiger partial charge in [0.1, 0.15) is 17.2 Å². The minimum atomic E-state index is -0.396. The maximum absolute atomic E-state index is 11.8. The number of hydrogen-bond acceptors (Lipinski definition) is 3. The van der Waals surface area contributed by atoms with Gasteiger partial charge in [-0.25, -0.2) is 0 Å². The van der Waals surface area contributed by atoms with Crippen LogP contribution in [0.15, 0.2) is 33.3 Å². The Kier molecular flexibility index (Phi) is 4.56. The number of aromatic amines is 1. The third-order valence-corrected chi connectivity index (χ3v) is 4.42. The van der Waals surface area contributed by atoms with Crippen LogP contribution >= 0.6 is 15.9 Å². The number of furan rings is 1. The van der Waals surface area contributed by atoms with Crippen molar-refractivity contribution in [2.24, 2.45) is 5.92 Å². The first kappa shape index (κ1) is 15.9. The minimum absolute atomic E-state index is 0.252. The fourth-order valence-electron chi connectivity index (χ4n) is 2.44. The molecule has 1 aliphatic carbocycles. The number of carbonyl (C=O) groups excluding carboxylic acids is 2. The number of hydrogen-bond donors (Lipinski definition) is 3. The highest BCUT2D eigenvalue weighted by Gasteiger charge is 2.36. The Morgan fingerprint density at radius 1 is 1.39 bits per heavy atom. The van der Waals surface area contributed by atoms with E-state index in [1.165, 1.54) is 6.42 Å². The van der Waals surface area contributed by atoms with Crippen molar-refractivity contribution in [1.82, 2.24) is 15.8 Å². The van der Waals surface area contributed by atoms with Crippen molar-refractivity contribution >= 4 is 27.7 Å². The second-order valence-corrected chi connectivity index (χ2v) is 6.77. The first-order valence-electron chi connectivity index (χ1n) is 7.54. The van der Waals surface area contributed by atoms with Gasteiger partial charge >= 0.3 is 0 Å². The molecule has 2 amide bonds. The van der Waals surface area contributed by atoms with E-state index in [-0.39, 0.29) is 12.3 Å². The molecule has 23 heavy (non-hydrogen) atoms. The summed E-state index contributed by atoms with van der Waals surface area (Å²) < 4.78 is 6.52. The lowest BCUT2D eigenvalue weighted by molar-refractivity contribution is -0.121. The molecule has 122 valence electrons. The summed E-state index contributed by atoms with van der Waals surface area (Å²) in [5.41, 5.74) is 5.13. The largest absolute Gasteiger partial charge is 0.466 e. The lowest BCUT2D eigenvalue weighted by Crippen LogP contribution is -2.41. The van der Waals surface area contributed by atoms with E-state index in [2.05, 4.69) is 38.7 Å². The van der Waals surface area contributed by atoms with Crippen LogP contribution in [0.4, 0.5) is 0 Å². The summed E-state index contributed by atoms with van der Waals surface area (Å²) in [5.74, 6) is 2.39. The lowest BCUT2D eigenvalue weighted by Gasteiger charge is -2.05. The standard InChI is InChI=1S/C16H18BrN3O3/c1-9-6-12(9)14-4-2-11(23-14)3-5-15(21)19-20-16(22)13-7-10(17)8-18-13/h2,4,7-9,12,18H,3,5-6H2,1H3,(H,19,21)(H,20,22)/t9-,12-/m1/s1. The van der Waals surface area contributed by atoms with Crippen LogP contribution in [-0.2, 0) is 11.2 Å². The van der Waals surface area contributed by atoms with Gasteiger partial charge in [-0.05, 0) is 46.5 Å². The van der Waals surface area contributed by atoms with Crippen LogP contribution in [0.1, 0.15) is 47.7 Å². The second kappa shape index (κ2) is 6.62. The molecule has 1 saturated carbocycles. The number of aryl methyl sites for hydroxylation is 1. The van der Waals surface area contributed by atoms with E-state index >= 15 is 0 Å². The topological polar surface area (TPSA) is 87.1 Å². The average molecular weight is 380 g/mol. The molecule has 3 rings (SSSR count). The van der Waals surface area contributed by atoms with E-state index in [1.807, 2.05) is 12.1 Å². The van der Waals surface area contributed by atoms with E-state index in [4.69, 9.17) is 4.42 Å². The van der Waals surface area contributed by atoms with Crippen LogP contribution in [0.2, 0.25) is 0 Å². The number of nitrogens with one attached hydrogen (secondary N) is 3. The molecule has 0 bridgehead atoms. The first-order chi connectivity index (χ1) is 11.0. The van der Waals surface area contributed by atoms with E-state index in [0.717, 1.165) is 16.0 Å². The molecule has 3 N–H and O–H groups in total. The Hall–Kier alpha value is -2.02. The van der Waals surface area contributed by atoms with Crippen molar-refractivity contribution < 1.29 is 14.0 Å². The van der Waals surface area contributed by atoms with Gasteiger partial charge in [0, 0.05) is 29.4 Å². The van der Waals surface area contributed by atoms with E-state index < -0.39 is 5.91 Å². The maximum Gasteiger partial charge on any atom is 0.286 e. The fourth-order valence-corrected chi connectivity index (χ4v) is 2.78. The molecule has 0 aliphatic heterocycles. The smallest absolute Gasteiger partial charge is 0.286 e. The number of halogens is 1. The molecule has 2 heterocycles. The molecule has 1 aliphatic rings. The number of hydrazine groups is 1. The van der Waals surface area contributed by atoms with Crippen LogP contribution in [-0.4, -0.2) is 16.8 Å². The quantitative estimate of drug-likeness (QED) is 0.697. The molecule has 2 aromatic heterocycles. The maximum atomic E-state index is 11.8. The van der Waals surface area contributed by atoms with E-state index in [9.17, 15) is 9.59 Å². The van der Waals surface area contributed by atoms with Crippen molar-refractivity contribution in [2.75, 3.05) is 0 Å². The van der Waals surface area contributed by atoms with Gasteiger partial charge in [0.2, 0.25) is 5.91 Å². The van der Waals surface area contributed by atoms with Crippen LogP contribution in [0.5, 0.6) is 0 Å². The van der Waals surface area contributed by atoms with Crippen molar-refractivity contribution in [3.05, 3.63) is 46.1 Å². The molecular weight excluding hydrogens is 362 g/mol. The molecule has 1 fully saturated rings. The monoisotopic (exact) mass is 379 g/mol. The molecular formula is C16H18BrN3O3. The number of amides is 2. The third kappa shape index (κ3) is 4.04. The van der Waals surface area contributed by atoms with Crippen LogP contribution < -0.4 is 10.9 Å². The Bertz CT molecular complexity index is 722. The van der Waals surface area contributed by atoms with Crippen LogP contribution in [0.25, 0.3) is 0 Å². The second-order valence-electron chi connectivity index (χ2n) is 5.86. The molecule has 6 nitrogen and oxygen atoms in total. The molecule has 2 aromatic rings. The highest BCUT2D eigenvalue weighted by atomic mass is 79.9. The Balaban J connectivity index is 1.41. The zero-order valence-electron chi connectivity index (χ0n) is 12.7. The summed E-state index contributed by atoms with van der Waals surface area (Å²) in [6.07, 6.45) is 3.58. The molecule has 0 radical (unpaired) electrons. The van der Waals surface area contributed by atoms with Gasteiger partial charge in [0.25, 0.3) is 5.91 Å². The SMILES string of the molecule is C[C@@H]1C[C@H]1c1ccc(CCC(=O)NNC(=O)c2cc(Br)c[nH]2)o1. The predicted molar refractivity (Wildman–Crippen MR) is 87.7 cm³/mol. The number of aromatic nitrogens is 1. The molecule has 0 saturated heterocycles. The van der Waals surface area contributed by atoms with Crippen molar-refractivity contribution in [1.29, 1.82) is 0 Å². The summed E-state index contributed by atoms with van der Waals surface area (Å²) >= 11 is 3.24. The Morgan fingerprint density at radius 3 is 2.83 bits per heavy atom. The molecule has 2 atom stereocenters. The molecule has 0 aromatic carbocycles. The van der Waals surface area contributed by atoms with Gasteiger partial charge in [-0.1, -0.05) is 6.92 Å². The highest BCUT2D eigenvalue weighted by Crippen LogP contribution is 2.47. The predicted octanol–water partition coefficient (Wildman–Crippen LogP) is 2.89. The first-order valence-corrected chi connectivity index (χ1v) is 8.34. The summed E-state index contributed by atoms with van der Waals surface area (Å²) in [6, 6.07) is 5.54. The van der Waals surface area contributed by atoms with E-state index in [1.54, 1.807) is 12.3 Å². The molecule has 7 heteroatoms. The third-order valence-electron chi connectivity index (χ3n) is 3.96. The zero-order valence-corrected chi connectivity index (χ0v) is 14.3. The summed E-state index contributed by atoms with van der Waals surface area (Å²) in [4.78, 5) is 26.3. The van der Waals surface area contributed by atoms with Crippen molar-refractivity contribution in [3.63, 3.8) is 0 Å². The van der Waals surface area contributed by atoms with Crippen LogP contribution in [0, 0.1) is 5.92 Å². The van der Waals surface area contributed by atoms with E-state index in [0.29, 0.717) is 24.0 Å². The van der Waals surface area contributed by atoms with Gasteiger partial charge in [0.05, 0.1) is 0 Å². The Morgan fingerprint density at radius 2 is 2.17 bits per heavy atom. The molecule has 0 unspecified atom stereocenters. The van der Waals surface area contributed by atoms with Gasteiger partial charge in [-0.15, -0.1) is 0 Å². The average Bonchev–Trinajstić information content (AvgIpc) is 2.94. The number of carbonyl (C=O) groups is 2. The lowest BCUT2D eigenvalue weighted by atomic mass is 10.2.